The molecule has 0 spiro atoms. The first-order valence-electron chi connectivity index (χ1n) is 13.0. The molecular weight excluding hydrogens is 531 g/mol. The maximum absolute atomic E-state index is 13.5. The van der Waals surface area contributed by atoms with E-state index in [0.29, 0.717) is 32.7 Å². The molecule has 1 aromatic carbocycles. The Kier molecular flexibility index (Phi) is 9.46. The molecule has 3 amide bonds. The first-order valence-corrected chi connectivity index (χ1v) is 13.0. The maximum Gasteiger partial charge on any atom is 0.418 e. The predicted molar refractivity (Wildman–Crippen MR) is 138 cm³/mol. The number of alkyl carbamates (subject to hydrolysis) is 1. The summed E-state index contributed by atoms with van der Waals surface area (Å²) in [5.41, 5.74) is 1.46. The molecule has 10 nitrogen and oxygen atoms in total. The Labute approximate surface area is 229 Å². The van der Waals surface area contributed by atoms with E-state index in [0.717, 1.165) is 29.3 Å². The van der Waals surface area contributed by atoms with Crippen molar-refractivity contribution in [2.45, 2.75) is 32.1 Å². The SMILES string of the molecule is COC(=O)NCCN(Cc1ncccc1C(F)(F)F)C(=O)CNc1cccc2c1CCN(C(=O)C1CCOC1)C2. The van der Waals surface area contributed by atoms with Gasteiger partial charge in [-0.3, -0.25) is 14.6 Å². The molecule has 1 fully saturated rings. The number of aromatic nitrogens is 1. The van der Waals surface area contributed by atoms with E-state index in [1.165, 1.54) is 24.3 Å². The third-order valence-electron chi connectivity index (χ3n) is 7.01. The van der Waals surface area contributed by atoms with Crippen LogP contribution in [0.3, 0.4) is 0 Å². The van der Waals surface area contributed by atoms with Crippen LogP contribution in [0.2, 0.25) is 0 Å². The lowest BCUT2D eigenvalue weighted by Crippen LogP contribution is -2.41. The van der Waals surface area contributed by atoms with Crippen molar-refractivity contribution in [3.63, 3.8) is 0 Å². The van der Waals surface area contributed by atoms with Crippen molar-refractivity contribution < 1.29 is 37.0 Å². The molecule has 2 aliphatic heterocycles. The fourth-order valence-corrected chi connectivity index (χ4v) is 4.89. The summed E-state index contributed by atoms with van der Waals surface area (Å²) in [4.78, 5) is 44.4. The van der Waals surface area contributed by atoms with E-state index in [4.69, 9.17) is 4.74 Å². The van der Waals surface area contributed by atoms with Crippen LogP contribution in [0, 0.1) is 5.92 Å². The molecule has 1 atom stereocenters. The van der Waals surface area contributed by atoms with E-state index >= 15 is 0 Å². The number of halogens is 3. The van der Waals surface area contributed by atoms with E-state index in [1.807, 2.05) is 23.1 Å². The second-order valence-electron chi connectivity index (χ2n) is 9.60. The van der Waals surface area contributed by atoms with Crippen molar-refractivity contribution in [1.29, 1.82) is 0 Å². The molecule has 0 radical (unpaired) electrons. The summed E-state index contributed by atoms with van der Waals surface area (Å²) in [6.07, 6.45) is -2.79. The number of nitrogens with one attached hydrogen (secondary N) is 2. The van der Waals surface area contributed by atoms with Gasteiger partial charge in [0.1, 0.15) is 0 Å². The highest BCUT2D eigenvalue weighted by Crippen LogP contribution is 2.32. The van der Waals surface area contributed by atoms with E-state index in [9.17, 15) is 27.6 Å². The minimum atomic E-state index is -4.63. The Morgan fingerprint density at radius 1 is 1.23 bits per heavy atom. The lowest BCUT2D eigenvalue weighted by Gasteiger charge is -2.32. The van der Waals surface area contributed by atoms with Crippen LogP contribution in [0.5, 0.6) is 0 Å². The van der Waals surface area contributed by atoms with Gasteiger partial charge in [0.15, 0.2) is 0 Å². The summed E-state index contributed by atoms with van der Waals surface area (Å²) >= 11 is 0. The lowest BCUT2D eigenvalue weighted by atomic mass is 9.96. The molecule has 0 bridgehead atoms. The van der Waals surface area contributed by atoms with Gasteiger partial charge in [-0.05, 0) is 42.2 Å². The van der Waals surface area contributed by atoms with Crippen molar-refractivity contribution in [2.75, 3.05) is 51.8 Å². The fraction of sp³-hybridized carbons (Fsp3) is 0.481. The van der Waals surface area contributed by atoms with Crippen molar-refractivity contribution in [1.82, 2.24) is 20.1 Å². The summed E-state index contributed by atoms with van der Waals surface area (Å²) < 4.78 is 50.5. The zero-order chi connectivity index (χ0) is 28.7. The Bertz CT molecular complexity index is 1220. The van der Waals surface area contributed by atoms with Crippen LogP contribution < -0.4 is 10.6 Å². The Morgan fingerprint density at radius 3 is 2.77 bits per heavy atom. The number of ether oxygens (including phenoxy) is 2. The van der Waals surface area contributed by atoms with Gasteiger partial charge in [0.25, 0.3) is 0 Å². The molecule has 1 unspecified atom stereocenters. The second kappa shape index (κ2) is 13.0. The second-order valence-corrected chi connectivity index (χ2v) is 9.60. The van der Waals surface area contributed by atoms with E-state index in [-0.39, 0.29) is 37.2 Å². The van der Waals surface area contributed by atoms with Crippen LogP contribution in [0.25, 0.3) is 0 Å². The van der Waals surface area contributed by atoms with Crippen molar-refractivity contribution >= 4 is 23.6 Å². The molecule has 4 rings (SSSR count). The first-order chi connectivity index (χ1) is 19.2. The number of hydrogen-bond donors (Lipinski definition) is 2. The number of pyridine rings is 1. The van der Waals surface area contributed by atoms with Crippen LogP contribution in [0.15, 0.2) is 36.5 Å². The molecule has 1 aromatic heterocycles. The number of carbonyl (C=O) groups is 3. The molecule has 0 aliphatic carbocycles. The first kappa shape index (κ1) is 29.1. The third kappa shape index (κ3) is 7.20. The number of alkyl halides is 3. The number of anilines is 1. The lowest BCUT2D eigenvalue weighted by molar-refractivity contribution is -0.140. The van der Waals surface area contributed by atoms with Crippen LogP contribution >= 0.6 is 0 Å². The number of carbonyl (C=O) groups excluding carboxylic acids is 3. The van der Waals surface area contributed by atoms with Crippen LogP contribution in [0.4, 0.5) is 23.7 Å². The number of hydrogen-bond acceptors (Lipinski definition) is 7. The molecule has 40 heavy (non-hydrogen) atoms. The number of benzene rings is 1. The summed E-state index contributed by atoms with van der Waals surface area (Å²) in [7, 11) is 1.19. The highest BCUT2D eigenvalue weighted by molar-refractivity contribution is 5.82. The number of fused-ring (bicyclic) bond motifs is 1. The Morgan fingerprint density at radius 2 is 2.05 bits per heavy atom. The normalized spacial score (nSPS) is 16.7. The zero-order valence-electron chi connectivity index (χ0n) is 22.1. The average Bonchev–Trinajstić information content (AvgIpc) is 3.49. The molecule has 2 aliphatic rings. The van der Waals surface area contributed by atoms with Crippen molar-refractivity contribution in [2.24, 2.45) is 5.92 Å². The number of methoxy groups -OCH3 is 1. The molecule has 0 saturated carbocycles. The summed E-state index contributed by atoms with van der Waals surface area (Å²) in [6.45, 7) is 1.37. The highest BCUT2D eigenvalue weighted by atomic mass is 19.4. The Balaban J connectivity index is 1.44. The van der Waals surface area contributed by atoms with Crippen LogP contribution in [0.1, 0.15) is 28.8 Å². The third-order valence-corrected chi connectivity index (χ3v) is 7.01. The predicted octanol–water partition coefficient (Wildman–Crippen LogP) is 2.82. The molecule has 3 heterocycles. The van der Waals surface area contributed by atoms with Gasteiger partial charge in [0.05, 0.1) is 44.0 Å². The van der Waals surface area contributed by atoms with Gasteiger partial charge >= 0.3 is 12.3 Å². The highest BCUT2D eigenvalue weighted by Gasteiger charge is 2.35. The van der Waals surface area contributed by atoms with Crippen LogP contribution in [-0.4, -0.2) is 79.2 Å². The smallest absolute Gasteiger partial charge is 0.418 e. The average molecular weight is 564 g/mol. The minimum absolute atomic E-state index is 0.0246. The molecule has 2 aromatic rings. The molecule has 13 heteroatoms. The Hall–Kier alpha value is -3.87. The van der Waals surface area contributed by atoms with Gasteiger partial charge in [0, 0.05) is 44.7 Å². The van der Waals surface area contributed by atoms with Gasteiger partial charge in [-0.2, -0.15) is 13.2 Å². The summed E-state index contributed by atoms with van der Waals surface area (Å²) in [6, 6.07) is 7.71. The molecule has 1 saturated heterocycles. The summed E-state index contributed by atoms with van der Waals surface area (Å²) in [5, 5.41) is 5.56. The molecule has 2 N–H and O–H groups in total. The van der Waals surface area contributed by atoms with Crippen molar-refractivity contribution in [3.05, 3.63) is 58.9 Å². The zero-order valence-corrected chi connectivity index (χ0v) is 22.1. The standard InChI is InChI=1S/C27H32F3N5O5/c1-39-26(38)32-10-12-34(16-23-21(27(28,29)30)5-3-9-31-23)24(36)14-33-22-6-2-4-18-15-35(11-7-20(18)22)25(37)19-8-13-40-17-19/h2-6,9,19,33H,7-8,10-17H2,1H3,(H,32,38). The molecular formula is C27H32F3N5O5. The van der Waals surface area contributed by atoms with Crippen molar-refractivity contribution in [3.8, 4) is 0 Å². The van der Waals surface area contributed by atoms with Gasteiger partial charge in [-0.25, -0.2) is 4.79 Å². The monoisotopic (exact) mass is 563 g/mol. The minimum Gasteiger partial charge on any atom is -0.453 e. The fourth-order valence-electron chi connectivity index (χ4n) is 4.89. The molecule has 216 valence electrons. The van der Waals surface area contributed by atoms with Gasteiger partial charge in [-0.15, -0.1) is 0 Å². The summed E-state index contributed by atoms with van der Waals surface area (Å²) in [5.74, 6) is -0.505. The quantitative estimate of drug-likeness (QED) is 0.483. The largest absolute Gasteiger partial charge is 0.453 e. The van der Waals surface area contributed by atoms with Crippen LogP contribution in [-0.2, 0) is 44.7 Å². The van der Waals surface area contributed by atoms with E-state index in [2.05, 4.69) is 20.4 Å². The van der Waals surface area contributed by atoms with E-state index < -0.39 is 30.3 Å². The number of rotatable bonds is 9. The number of amides is 3. The van der Waals surface area contributed by atoms with E-state index in [1.54, 1.807) is 0 Å². The maximum atomic E-state index is 13.5. The van der Waals surface area contributed by atoms with Gasteiger partial charge < -0.3 is 29.9 Å². The van der Waals surface area contributed by atoms with Gasteiger partial charge in [-0.1, -0.05) is 12.1 Å². The van der Waals surface area contributed by atoms with Gasteiger partial charge in [0.2, 0.25) is 11.8 Å². The number of nitrogens with zero attached hydrogens (tertiary/aromatic N) is 3. The topological polar surface area (TPSA) is 113 Å².